The minimum absolute atomic E-state index is 0.0958. The maximum atomic E-state index is 12.0. The summed E-state index contributed by atoms with van der Waals surface area (Å²) in [6, 6.07) is 20.2. The number of rotatable bonds is 6. The number of nitrogens with zero attached hydrogens (tertiary/aromatic N) is 2. The summed E-state index contributed by atoms with van der Waals surface area (Å²) < 4.78 is 8.82. The minimum Gasteiger partial charge on any atom is -0.484 e. The second kappa shape index (κ2) is 8.71. The molecule has 30 heavy (non-hydrogen) atoms. The lowest BCUT2D eigenvalue weighted by atomic mass is 10.1. The zero-order chi connectivity index (χ0) is 21.1. The maximum Gasteiger partial charge on any atom is 0.277 e. The molecule has 0 aliphatic carbocycles. The van der Waals surface area contributed by atoms with E-state index in [1.165, 1.54) is 21.8 Å². The van der Waals surface area contributed by atoms with Crippen LogP contribution in [0, 0.1) is 6.92 Å². The van der Waals surface area contributed by atoms with E-state index in [0.717, 1.165) is 22.1 Å². The molecule has 6 heteroatoms. The van der Waals surface area contributed by atoms with E-state index in [1.54, 1.807) is 6.21 Å². The number of carbonyl (C=O) groups is 1. The van der Waals surface area contributed by atoms with Crippen LogP contribution in [-0.2, 0) is 11.3 Å². The molecule has 0 aliphatic heterocycles. The summed E-state index contributed by atoms with van der Waals surface area (Å²) in [5, 5.41) is 6.47. The molecule has 1 aromatic heterocycles. The van der Waals surface area contributed by atoms with Crippen molar-refractivity contribution < 1.29 is 9.53 Å². The Morgan fingerprint density at radius 3 is 2.70 bits per heavy atom. The predicted octanol–water partition coefficient (Wildman–Crippen LogP) is 5.41. The van der Waals surface area contributed by atoms with Crippen molar-refractivity contribution in [2.75, 3.05) is 6.61 Å². The highest BCUT2D eigenvalue weighted by molar-refractivity contribution is 9.10. The van der Waals surface area contributed by atoms with E-state index in [0.29, 0.717) is 5.75 Å². The number of amides is 1. The number of halogens is 1. The Bertz CT molecular complexity index is 1260. The Balaban J connectivity index is 1.44. The maximum absolute atomic E-state index is 12.0. The molecule has 1 N–H and O–H groups in total. The average Bonchev–Trinajstić information content (AvgIpc) is 3.07. The van der Waals surface area contributed by atoms with Gasteiger partial charge >= 0.3 is 0 Å². The summed E-state index contributed by atoms with van der Waals surface area (Å²) >= 11 is 3.44. The Morgan fingerprint density at radius 1 is 1.10 bits per heavy atom. The van der Waals surface area contributed by atoms with Crippen molar-refractivity contribution in [1.29, 1.82) is 0 Å². The van der Waals surface area contributed by atoms with Crippen molar-refractivity contribution in [3.63, 3.8) is 0 Å². The number of aromatic nitrogens is 1. The van der Waals surface area contributed by atoms with Crippen LogP contribution >= 0.6 is 15.9 Å². The fraction of sp³-hybridized carbons (Fsp3) is 0.167. The molecule has 0 saturated carbocycles. The lowest BCUT2D eigenvalue weighted by molar-refractivity contribution is -0.123. The Hall–Kier alpha value is -3.12. The molecule has 5 nitrogen and oxygen atoms in total. The van der Waals surface area contributed by atoms with Crippen molar-refractivity contribution in [2.45, 2.75) is 20.4 Å². The van der Waals surface area contributed by atoms with Crippen LogP contribution in [0.2, 0.25) is 0 Å². The van der Waals surface area contributed by atoms with Crippen LogP contribution in [0.5, 0.6) is 5.75 Å². The number of hydrogen-bond donors (Lipinski definition) is 1. The van der Waals surface area contributed by atoms with Crippen LogP contribution in [-0.4, -0.2) is 23.3 Å². The van der Waals surface area contributed by atoms with Crippen LogP contribution in [0.3, 0.4) is 0 Å². The Morgan fingerprint density at radius 2 is 1.90 bits per heavy atom. The average molecular weight is 464 g/mol. The Kier molecular flexibility index (Phi) is 5.86. The lowest BCUT2D eigenvalue weighted by Crippen LogP contribution is -2.24. The van der Waals surface area contributed by atoms with Gasteiger partial charge in [-0.05, 0) is 61.4 Å². The molecule has 0 atom stereocenters. The third-order valence-corrected chi connectivity index (χ3v) is 5.90. The first-order valence-corrected chi connectivity index (χ1v) is 10.6. The number of nitrogens with one attached hydrogen (secondary N) is 1. The van der Waals surface area contributed by atoms with Crippen LogP contribution in [0.1, 0.15) is 18.1 Å². The molecule has 152 valence electrons. The first kappa shape index (κ1) is 20.2. The predicted molar refractivity (Wildman–Crippen MR) is 125 cm³/mol. The monoisotopic (exact) mass is 463 g/mol. The van der Waals surface area contributed by atoms with Crippen molar-refractivity contribution in [3.8, 4) is 5.75 Å². The number of ether oxygens (including phenoxy) is 1. The zero-order valence-electron chi connectivity index (χ0n) is 16.9. The quantitative estimate of drug-likeness (QED) is 0.306. The second-order valence-corrected chi connectivity index (χ2v) is 7.89. The third-order valence-electron chi connectivity index (χ3n) is 5.01. The lowest BCUT2D eigenvalue weighted by Gasteiger charge is -2.06. The number of para-hydroxylation sites is 1. The van der Waals surface area contributed by atoms with Gasteiger partial charge in [0.25, 0.3) is 5.91 Å². The highest BCUT2D eigenvalue weighted by Crippen LogP contribution is 2.29. The molecule has 0 radical (unpaired) electrons. The third kappa shape index (κ3) is 4.09. The fourth-order valence-electron chi connectivity index (χ4n) is 3.56. The zero-order valence-corrected chi connectivity index (χ0v) is 18.4. The van der Waals surface area contributed by atoms with Gasteiger partial charge in [-0.1, -0.05) is 40.2 Å². The first-order chi connectivity index (χ1) is 14.6. The van der Waals surface area contributed by atoms with Crippen molar-refractivity contribution in [1.82, 2.24) is 9.99 Å². The molecule has 0 spiro atoms. The van der Waals surface area contributed by atoms with Crippen LogP contribution in [0.25, 0.3) is 21.8 Å². The highest BCUT2D eigenvalue weighted by Gasteiger charge is 2.09. The fourth-order valence-corrected chi connectivity index (χ4v) is 3.81. The largest absolute Gasteiger partial charge is 0.484 e. The van der Waals surface area contributed by atoms with Crippen molar-refractivity contribution >= 4 is 49.9 Å². The van der Waals surface area contributed by atoms with E-state index in [9.17, 15) is 4.79 Å². The van der Waals surface area contributed by atoms with Crippen molar-refractivity contribution in [2.24, 2.45) is 5.10 Å². The highest BCUT2D eigenvalue weighted by atomic mass is 79.9. The van der Waals surface area contributed by atoms with E-state index >= 15 is 0 Å². The van der Waals surface area contributed by atoms with Gasteiger partial charge in [0.1, 0.15) is 5.75 Å². The molecule has 1 amide bonds. The molecule has 4 rings (SSSR count). The SMILES string of the molecule is CCn1c2ccccc2c2cc(/C=N/NC(=O)COc3ccc(Br)c(C)c3)ccc21. The van der Waals surface area contributed by atoms with Crippen molar-refractivity contribution in [3.05, 3.63) is 76.3 Å². The molecule has 4 aromatic rings. The molecular formula is C24H22BrN3O2. The van der Waals surface area contributed by atoms with E-state index in [1.807, 2.05) is 31.2 Å². The van der Waals surface area contributed by atoms with E-state index < -0.39 is 0 Å². The van der Waals surface area contributed by atoms with Gasteiger partial charge in [-0.15, -0.1) is 0 Å². The van der Waals surface area contributed by atoms with Gasteiger partial charge in [0, 0.05) is 32.8 Å². The molecule has 0 unspecified atom stereocenters. The number of carbonyl (C=O) groups excluding carboxylic acids is 1. The summed E-state index contributed by atoms with van der Waals surface area (Å²) in [6.45, 7) is 4.93. The normalized spacial score (nSPS) is 11.4. The molecule has 0 bridgehead atoms. The standard InChI is InChI=1S/C24H22BrN3O2/c1-3-28-22-7-5-4-6-19(22)20-13-17(8-11-23(20)28)14-26-27-24(29)15-30-18-9-10-21(25)16(2)12-18/h4-14H,3,15H2,1-2H3,(H,27,29)/b26-14+. The second-order valence-electron chi connectivity index (χ2n) is 7.03. The van der Waals surface area contributed by atoms with E-state index in [2.05, 4.69) is 74.3 Å². The number of aryl methyl sites for hydroxylation is 2. The van der Waals surface area contributed by atoms with Gasteiger partial charge in [-0.25, -0.2) is 5.43 Å². The number of hydrogen-bond acceptors (Lipinski definition) is 3. The summed E-state index contributed by atoms with van der Waals surface area (Å²) in [7, 11) is 0. The van der Waals surface area contributed by atoms with Gasteiger partial charge in [0.05, 0.1) is 6.21 Å². The van der Waals surface area contributed by atoms with E-state index in [-0.39, 0.29) is 12.5 Å². The summed E-state index contributed by atoms with van der Waals surface area (Å²) in [5.41, 5.74) is 6.90. The van der Waals surface area contributed by atoms with Crippen LogP contribution in [0.4, 0.5) is 0 Å². The van der Waals surface area contributed by atoms with Gasteiger partial charge in [0.15, 0.2) is 6.61 Å². The van der Waals surface area contributed by atoms with Gasteiger partial charge in [-0.3, -0.25) is 4.79 Å². The smallest absolute Gasteiger partial charge is 0.277 e. The number of fused-ring (bicyclic) bond motifs is 3. The summed E-state index contributed by atoms with van der Waals surface area (Å²) in [5.74, 6) is 0.336. The van der Waals surface area contributed by atoms with Gasteiger partial charge < -0.3 is 9.30 Å². The van der Waals surface area contributed by atoms with Gasteiger partial charge in [-0.2, -0.15) is 5.10 Å². The molecular weight excluding hydrogens is 442 g/mol. The topological polar surface area (TPSA) is 55.6 Å². The summed E-state index contributed by atoms with van der Waals surface area (Å²) in [4.78, 5) is 12.0. The minimum atomic E-state index is -0.310. The molecule has 0 fully saturated rings. The van der Waals surface area contributed by atoms with Crippen LogP contribution in [0.15, 0.2) is 70.2 Å². The molecule has 0 saturated heterocycles. The summed E-state index contributed by atoms with van der Waals surface area (Å²) in [6.07, 6.45) is 1.65. The van der Waals surface area contributed by atoms with Gasteiger partial charge in [0.2, 0.25) is 0 Å². The van der Waals surface area contributed by atoms with Crippen LogP contribution < -0.4 is 10.2 Å². The number of benzene rings is 3. The molecule has 1 heterocycles. The first-order valence-electron chi connectivity index (χ1n) is 9.78. The van der Waals surface area contributed by atoms with E-state index in [4.69, 9.17) is 4.74 Å². The molecule has 0 aliphatic rings. The Labute approximate surface area is 183 Å². The number of hydrazone groups is 1. The molecule has 3 aromatic carbocycles.